The van der Waals surface area contributed by atoms with Gasteiger partial charge in [-0.3, -0.25) is 0 Å². The van der Waals surface area contributed by atoms with Crippen molar-refractivity contribution in [1.29, 1.82) is 0 Å². The van der Waals surface area contributed by atoms with Crippen LogP contribution in [0.3, 0.4) is 0 Å². The summed E-state index contributed by atoms with van der Waals surface area (Å²) < 4.78 is 0. The van der Waals surface area contributed by atoms with Gasteiger partial charge >= 0.3 is 0 Å². The van der Waals surface area contributed by atoms with Crippen molar-refractivity contribution in [3.8, 4) is 0 Å². The normalized spacial score (nSPS) is 11.6. The number of fused-ring (bicyclic) bond motifs is 8. The molecule has 0 aromatic heterocycles. The van der Waals surface area contributed by atoms with Gasteiger partial charge < -0.3 is 0 Å². The van der Waals surface area contributed by atoms with Crippen LogP contribution in [0.2, 0.25) is 0 Å². The molecule has 5 aromatic rings. The predicted octanol–water partition coefficient (Wildman–Crippen LogP) is 6.10. The maximum absolute atomic E-state index is 3.26. The molecule has 1 radical (unpaired) electrons. The Labute approximate surface area is 128 Å². The van der Waals surface area contributed by atoms with Crippen LogP contribution in [-0.4, -0.2) is 0 Å². The molecule has 0 heteroatoms. The quantitative estimate of drug-likeness (QED) is 0.300. The van der Waals surface area contributed by atoms with Crippen molar-refractivity contribution in [3.63, 3.8) is 0 Å². The molecule has 22 heavy (non-hydrogen) atoms. The van der Waals surface area contributed by atoms with Crippen molar-refractivity contribution in [1.82, 2.24) is 0 Å². The van der Waals surface area contributed by atoms with Crippen LogP contribution in [-0.2, 0) is 0 Å². The summed E-state index contributed by atoms with van der Waals surface area (Å²) in [5.74, 6) is 0. The lowest BCUT2D eigenvalue weighted by atomic mass is 9.91. The Bertz CT molecular complexity index is 1120. The van der Waals surface area contributed by atoms with Gasteiger partial charge in [0.2, 0.25) is 0 Å². The average molecular weight is 277 g/mol. The highest BCUT2D eigenvalue weighted by molar-refractivity contribution is 6.31. The van der Waals surface area contributed by atoms with Gasteiger partial charge in [-0.05, 0) is 55.2 Å². The van der Waals surface area contributed by atoms with Crippen molar-refractivity contribution in [2.24, 2.45) is 0 Å². The van der Waals surface area contributed by atoms with E-state index in [1.54, 1.807) is 0 Å². The zero-order valence-electron chi connectivity index (χ0n) is 12.0. The van der Waals surface area contributed by atoms with E-state index in [1.165, 1.54) is 43.1 Å². The molecule has 5 rings (SSSR count). The van der Waals surface area contributed by atoms with Crippen molar-refractivity contribution in [2.45, 2.75) is 0 Å². The van der Waals surface area contributed by atoms with E-state index in [2.05, 4.69) is 78.9 Å². The minimum atomic E-state index is 1.29. The van der Waals surface area contributed by atoms with Gasteiger partial charge in [-0.2, -0.15) is 0 Å². The maximum atomic E-state index is 3.26. The summed E-state index contributed by atoms with van der Waals surface area (Å²) in [6, 6.07) is 31.3. The molecule has 0 atom stereocenters. The van der Waals surface area contributed by atoms with Crippen molar-refractivity contribution in [2.75, 3.05) is 0 Å². The standard InChI is InChI=1S/C22H13/c1-2-8-16-15(7-1)13-14-21-19-11-4-3-9-17(19)18-10-5-6-12-20(18)22(16)21/h1-5,7-14H. The van der Waals surface area contributed by atoms with E-state index in [-0.39, 0.29) is 0 Å². The van der Waals surface area contributed by atoms with Gasteiger partial charge in [0.15, 0.2) is 0 Å². The van der Waals surface area contributed by atoms with E-state index < -0.39 is 0 Å². The minimum absolute atomic E-state index is 1.29. The first-order valence-corrected chi connectivity index (χ1v) is 7.55. The second-order valence-corrected chi connectivity index (χ2v) is 5.73. The van der Waals surface area contributed by atoms with E-state index >= 15 is 0 Å². The largest absolute Gasteiger partial charge is 0.0616 e. The smallest absolute Gasteiger partial charge is 0.00201 e. The number of benzene rings is 5. The lowest BCUT2D eigenvalue weighted by Crippen LogP contribution is -1.84. The number of hydrogen-bond acceptors (Lipinski definition) is 0. The lowest BCUT2D eigenvalue weighted by Gasteiger charge is -2.12. The Hall–Kier alpha value is -2.86. The number of hydrogen-bond donors (Lipinski definition) is 0. The van der Waals surface area contributed by atoms with Crippen LogP contribution in [0.5, 0.6) is 0 Å². The molecule has 5 aromatic carbocycles. The molecule has 0 N–H and O–H groups in total. The third-order valence-electron chi connectivity index (χ3n) is 4.57. The van der Waals surface area contributed by atoms with Crippen LogP contribution in [0.4, 0.5) is 0 Å². The summed E-state index contributed by atoms with van der Waals surface area (Å²) in [7, 11) is 0. The fourth-order valence-corrected chi connectivity index (χ4v) is 3.61. The molecular weight excluding hydrogens is 264 g/mol. The Morgan fingerprint density at radius 3 is 2.05 bits per heavy atom. The van der Waals surface area contributed by atoms with E-state index in [0.717, 1.165) is 0 Å². The van der Waals surface area contributed by atoms with Gasteiger partial charge in [0.25, 0.3) is 0 Å². The zero-order chi connectivity index (χ0) is 14.5. The third kappa shape index (κ3) is 1.47. The fraction of sp³-hybridized carbons (Fsp3) is 0. The summed E-state index contributed by atoms with van der Waals surface area (Å²) in [6.45, 7) is 0. The van der Waals surface area contributed by atoms with Crippen LogP contribution < -0.4 is 0 Å². The van der Waals surface area contributed by atoms with Gasteiger partial charge in [-0.1, -0.05) is 72.8 Å². The van der Waals surface area contributed by atoms with Crippen LogP contribution in [0.25, 0.3) is 43.1 Å². The molecule has 0 unspecified atom stereocenters. The molecule has 0 aliphatic carbocycles. The molecule has 0 saturated carbocycles. The molecule has 101 valence electrons. The van der Waals surface area contributed by atoms with Gasteiger partial charge in [-0.15, -0.1) is 0 Å². The molecule has 0 heterocycles. The van der Waals surface area contributed by atoms with Crippen molar-refractivity contribution < 1.29 is 0 Å². The summed E-state index contributed by atoms with van der Waals surface area (Å²) in [6.07, 6.45) is 0. The second-order valence-electron chi connectivity index (χ2n) is 5.73. The molecular formula is C22H13. The highest BCUT2D eigenvalue weighted by Crippen LogP contribution is 2.38. The highest BCUT2D eigenvalue weighted by Gasteiger charge is 2.10. The molecule has 0 saturated heterocycles. The summed E-state index contributed by atoms with van der Waals surface area (Å²) in [4.78, 5) is 0. The van der Waals surface area contributed by atoms with Gasteiger partial charge in [0, 0.05) is 0 Å². The SMILES string of the molecule is [c]1ccc2c3ccccc3c3ccc4ccccc4c3c2c1. The average Bonchev–Trinajstić information content (AvgIpc) is 2.61. The molecule has 0 fully saturated rings. The first kappa shape index (κ1) is 11.8. The van der Waals surface area contributed by atoms with Gasteiger partial charge in [-0.25, -0.2) is 0 Å². The Balaban J connectivity index is 2.24. The maximum Gasteiger partial charge on any atom is -0.00201 e. The fourth-order valence-electron chi connectivity index (χ4n) is 3.61. The molecule has 0 aliphatic rings. The Morgan fingerprint density at radius 2 is 1.18 bits per heavy atom. The first-order valence-electron chi connectivity index (χ1n) is 7.55. The van der Waals surface area contributed by atoms with E-state index in [0.29, 0.717) is 0 Å². The van der Waals surface area contributed by atoms with Crippen LogP contribution >= 0.6 is 0 Å². The van der Waals surface area contributed by atoms with Crippen LogP contribution in [0, 0.1) is 6.07 Å². The van der Waals surface area contributed by atoms with Crippen molar-refractivity contribution in [3.05, 3.63) is 84.9 Å². The molecule has 0 nitrogen and oxygen atoms in total. The highest BCUT2D eigenvalue weighted by atomic mass is 14.1. The van der Waals surface area contributed by atoms with Gasteiger partial charge in [0.05, 0.1) is 0 Å². The predicted molar refractivity (Wildman–Crippen MR) is 95.3 cm³/mol. The minimum Gasteiger partial charge on any atom is -0.0616 e. The van der Waals surface area contributed by atoms with E-state index in [1.807, 2.05) is 6.07 Å². The summed E-state index contributed by atoms with van der Waals surface area (Å²) >= 11 is 0. The topological polar surface area (TPSA) is 0 Å². The molecule has 0 amide bonds. The number of rotatable bonds is 0. The lowest BCUT2D eigenvalue weighted by molar-refractivity contribution is 1.77. The molecule has 0 aliphatic heterocycles. The van der Waals surface area contributed by atoms with Gasteiger partial charge in [0.1, 0.15) is 0 Å². The summed E-state index contributed by atoms with van der Waals surface area (Å²) in [5, 5.41) is 10.5. The Kier molecular flexibility index (Phi) is 2.31. The van der Waals surface area contributed by atoms with Crippen molar-refractivity contribution >= 4 is 43.1 Å². The van der Waals surface area contributed by atoms with Crippen LogP contribution in [0.15, 0.2) is 78.9 Å². The second kappa shape index (κ2) is 4.32. The monoisotopic (exact) mass is 277 g/mol. The molecule has 0 bridgehead atoms. The third-order valence-corrected chi connectivity index (χ3v) is 4.57. The van der Waals surface area contributed by atoms with E-state index in [9.17, 15) is 0 Å². The Morgan fingerprint density at radius 1 is 0.500 bits per heavy atom. The first-order chi connectivity index (χ1) is 10.9. The van der Waals surface area contributed by atoms with E-state index in [4.69, 9.17) is 0 Å². The van der Waals surface area contributed by atoms with Crippen LogP contribution in [0.1, 0.15) is 0 Å². The zero-order valence-corrected chi connectivity index (χ0v) is 12.0. The summed E-state index contributed by atoms with van der Waals surface area (Å²) in [5.41, 5.74) is 0. The molecule has 0 spiro atoms.